The third-order valence-corrected chi connectivity index (χ3v) is 5.79. The van der Waals surface area contributed by atoms with E-state index in [-0.39, 0.29) is 0 Å². The monoisotopic (exact) mass is 337 g/mol. The molecule has 0 radical (unpaired) electrons. The Labute approximate surface area is 147 Å². The van der Waals surface area contributed by atoms with E-state index in [0.29, 0.717) is 0 Å². The van der Waals surface area contributed by atoms with E-state index in [9.17, 15) is 0 Å². The molecule has 0 unspecified atom stereocenters. The summed E-state index contributed by atoms with van der Waals surface area (Å²) in [5.74, 6) is 0. The highest BCUT2D eigenvalue weighted by molar-refractivity contribution is 7.18. The highest BCUT2D eigenvalue weighted by Crippen LogP contribution is 2.22. The first-order chi connectivity index (χ1) is 11.9. The summed E-state index contributed by atoms with van der Waals surface area (Å²) < 4.78 is 1.31. The topological polar surface area (TPSA) is 19.4 Å². The Morgan fingerprint density at radius 1 is 0.875 bits per heavy atom. The lowest BCUT2D eigenvalue weighted by molar-refractivity contribution is 0.255. The molecule has 0 N–H and O–H groups in total. The number of benzene rings is 2. The van der Waals surface area contributed by atoms with Crippen LogP contribution in [0.2, 0.25) is 0 Å². The lowest BCUT2D eigenvalue weighted by atomic mass is 10.2. The highest BCUT2D eigenvalue weighted by atomic mass is 32.1. The summed E-state index contributed by atoms with van der Waals surface area (Å²) in [5, 5.41) is 1.28. The maximum absolute atomic E-state index is 4.74. The van der Waals surface area contributed by atoms with Crippen LogP contribution < -0.4 is 4.90 Å². The van der Waals surface area contributed by atoms with E-state index in [0.717, 1.165) is 38.1 Å². The first-order valence-electron chi connectivity index (χ1n) is 8.75. The maximum Gasteiger partial charge on any atom is 0.0939 e. The molecule has 2 aromatic carbocycles. The molecule has 0 bridgehead atoms. The second-order valence-corrected chi connectivity index (χ2v) is 7.46. The molecule has 0 saturated carbocycles. The van der Waals surface area contributed by atoms with E-state index in [4.69, 9.17) is 4.98 Å². The number of hydrogen-bond acceptors (Lipinski definition) is 4. The summed E-state index contributed by atoms with van der Waals surface area (Å²) in [5.41, 5.74) is 2.50. The van der Waals surface area contributed by atoms with E-state index in [2.05, 4.69) is 64.4 Å². The van der Waals surface area contributed by atoms with E-state index in [1.54, 1.807) is 0 Å². The van der Waals surface area contributed by atoms with Crippen LogP contribution in [0.1, 0.15) is 11.4 Å². The van der Waals surface area contributed by atoms with Crippen molar-refractivity contribution in [1.29, 1.82) is 0 Å². The molecule has 1 saturated heterocycles. The van der Waals surface area contributed by atoms with Crippen LogP contribution in [-0.2, 0) is 6.42 Å². The summed E-state index contributed by atoms with van der Waals surface area (Å²) in [6.45, 7) is 5.76. The van der Waals surface area contributed by atoms with Gasteiger partial charge in [0.15, 0.2) is 0 Å². The number of piperazine rings is 1. The fourth-order valence-corrected chi connectivity index (χ4v) is 4.36. The lowest BCUT2D eigenvalue weighted by Crippen LogP contribution is -2.46. The molecule has 0 atom stereocenters. The Balaban J connectivity index is 1.24. The predicted molar refractivity (Wildman–Crippen MR) is 103 cm³/mol. The van der Waals surface area contributed by atoms with Crippen molar-refractivity contribution in [2.24, 2.45) is 0 Å². The number of fused-ring (bicyclic) bond motifs is 1. The van der Waals surface area contributed by atoms with Crippen LogP contribution in [0.3, 0.4) is 0 Å². The first kappa shape index (κ1) is 15.6. The van der Waals surface area contributed by atoms with Gasteiger partial charge in [-0.1, -0.05) is 30.3 Å². The summed E-state index contributed by atoms with van der Waals surface area (Å²) >= 11 is 1.84. The van der Waals surface area contributed by atoms with Gasteiger partial charge in [-0.15, -0.1) is 11.3 Å². The largest absolute Gasteiger partial charge is 0.369 e. The number of thiazole rings is 1. The van der Waals surface area contributed by atoms with Crippen molar-refractivity contribution in [3.05, 3.63) is 59.6 Å². The van der Waals surface area contributed by atoms with Gasteiger partial charge in [-0.25, -0.2) is 4.98 Å². The molecule has 0 aliphatic carbocycles. The molecule has 0 amide bonds. The van der Waals surface area contributed by atoms with Gasteiger partial charge in [-0.2, -0.15) is 0 Å². The zero-order chi connectivity index (χ0) is 16.2. The van der Waals surface area contributed by atoms with E-state index in [1.807, 2.05) is 11.3 Å². The number of rotatable bonds is 5. The van der Waals surface area contributed by atoms with Crippen molar-refractivity contribution in [3.8, 4) is 0 Å². The zero-order valence-electron chi connectivity index (χ0n) is 13.9. The molecule has 4 rings (SSSR count). The SMILES string of the molecule is c1ccc(N2CCN(CCCc3nc4ccccc4s3)CC2)cc1. The molecule has 1 aliphatic heterocycles. The molecule has 4 heteroatoms. The van der Waals surface area contributed by atoms with Gasteiger partial charge in [-0.3, -0.25) is 4.90 Å². The molecule has 0 spiro atoms. The molecular formula is C20H23N3S. The van der Waals surface area contributed by atoms with Gasteiger partial charge < -0.3 is 4.90 Å². The van der Waals surface area contributed by atoms with Crippen LogP contribution in [0.25, 0.3) is 10.2 Å². The molecule has 3 nitrogen and oxygen atoms in total. The van der Waals surface area contributed by atoms with Crippen LogP contribution in [-0.4, -0.2) is 42.6 Å². The normalized spacial score (nSPS) is 15.9. The predicted octanol–water partition coefficient (Wildman–Crippen LogP) is 4.05. The van der Waals surface area contributed by atoms with Crippen LogP contribution in [0, 0.1) is 0 Å². The molecule has 1 aromatic heterocycles. The lowest BCUT2D eigenvalue weighted by Gasteiger charge is -2.36. The van der Waals surface area contributed by atoms with Crippen molar-refractivity contribution >= 4 is 27.2 Å². The Kier molecular flexibility index (Phi) is 4.76. The van der Waals surface area contributed by atoms with E-state index < -0.39 is 0 Å². The minimum Gasteiger partial charge on any atom is -0.369 e. The van der Waals surface area contributed by atoms with Crippen LogP contribution in [0.15, 0.2) is 54.6 Å². The van der Waals surface area contributed by atoms with Gasteiger partial charge in [0.1, 0.15) is 0 Å². The molecule has 124 valence electrons. The van der Waals surface area contributed by atoms with Gasteiger partial charge in [0, 0.05) is 38.3 Å². The summed E-state index contributed by atoms with van der Waals surface area (Å²) in [6, 6.07) is 19.2. The Morgan fingerprint density at radius 2 is 1.62 bits per heavy atom. The number of aromatic nitrogens is 1. The van der Waals surface area contributed by atoms with Crippen LogP contribution in [0.4, 0.5) is 5.69 Å². The zero-order valence-corrected chi connectivity index (χ0v) is 14.7. The molecule has 2 heterocycles. The number of aryl methyl sites for hydroxylation is 1. The minimum absolute atomic E-state index is 1.10. The van der Waals surface area contributed by atoms with Crippen molar-refractivity contribution in [3.63, 3.8) is 0 Å². The van der Waals surface area contributed by atoms with Crippen molar-refractivity contribution in [2.45, 2.75) is 12.8 Å². The second-order valence-electron chi connectivity index (χ2n) is 6.34. The Hall–Kier alpha value is -1.91. The van der Waals surface area contributed by atoms with Crippen LogP contribution in [0.5, 0.6) is 0 Å². The van der Waals surface area contributed by atoms with Gasteiger partial charge in [-0.05, 0) is 37.2 Å². The fraction of sp³-hybridized carbons (Fsp3) is 0.350. The smallest absolute Gasteiger partial charge is 0.0939 e. The third-order valence-electron chi connectivity index (χ3n) is 4.70. The van der Waals surface area contributed by atoms with Crippen molar-refractivity contribution in [1.82, 2.24) is 9.88 Å². The van der Waals surface area contributed by atoms with Gasteiger partial charge in [0.05, 0.1) is 15.2 Å². The number of nitrogens with zero attached hydrogens (tertiary/aromatic N) is 3. The first-order valence-corrected chi connectivity index (χ1v) is 9.57. The number of hydrogen-bond donors (Lipinski definition) is 0. The molecular weight excluding hydrogens is 314 g/mol. The average molecular weight is 337 g/mol. The Morgan fingerprint density at radius 3 is 2.42 bits per heavy atom. The van der Waals surface area contributed by atoms with Gasteiger partial charge >= 0.3 is 0 Å². The highest BCUT2D eigenvalue weighted by Gasteiger charge is 2.16. The van der Waals surface area contributed by atoms with Crippen molar-refractivity contribution in [2.75, 3.05) is 37.6 Å². The van der Waals surface area contributed by atoms with Gasteiger partial charge in [0.25, 0.3) is 0 Å². The number of anilines is 1. The fourth-order valence-electron chi connectivity index (χ4n) is 3.35. The minimum atomic E-state index is 1.10. The molecule has 1 fully saturated rings. The maximum atomic E-state index is 4.74. The van der Waals surface area contributed by atoms with E-state index in [1.165, 1.54) is 28.4 Å². The standard InChI is InChI=1S/C20H23N3S/c1-2-7-17(8-3-1)23-15-13-22(14-16-23)12-6-11-20-21-18-9-4-5-10-19(18)24-20/h1-5,7-10H,6,11-16H2. The second kappa shape index (κ2) is 7.32. The van der Waals surface area contributed by atoms with E-state index >= 15 is 0 Å². The number of para-hydroxylation sites is 2. The molecule has 3 aromatic rings. The quantitative estimate of drug-likeness (QED) is 0.700. The third kappa shape index (κ3) is 3.60. The van der Waals surface area contributed by atoms with Gasteiger partial charge in [0.2, 0.25) is 0 Å². The van der Waals surface area contributed by atoms with Crippen molar-refractivity contribution < 1.29 is 0 Å². The molecule has 1 aliphatic rings. The molecule has 24 heavy (non-hydrogen) atoms. The van der Waals surface area contributed by atoms with Crippen LogP contribution >= 0.6 is 11.3 Å². The Bertz CT molecular complexity index is 743. The average Bonchev–Trinajstić information content (AvgIpc) is 3.06. The summed E-state index contributed by atoms with van der Waals surface area (Å²) in [4.78, 5) is 9.82. The summed E-state index contributed by atoms with van der Waals surface area (Å²) in [7, 11) is 0. The summed E-state index contributed by atoms with van der Waals surface area (Å²) in [6.07, 6.45) is 2.30.